The molecular formula is C14H28O4. The third-order valence-electron chi connectivity index (χ3n) is 2.25. The van der Waals surface area contributed by atoms with Gasteiger partial charge in [0.05, 0.1) is 12.7 Å². The van der Waals surface area contributed by atoms with Crippen LogP contribution in [-0.2, 0) is 19.0 Å². The molecule has 0 aliphatic carbocycles. The van der Waals surface area contributed by atoms with Crippen LogP contribution >= 0.6 is 0 Å². The van der Waals surface area contributed by atoms with Crippen LogP contribution in [0.3, 0.4) is 0 Å². The molecule has 0 N–H and O–H groups in total. The molecule has 0 aromatic rings. The molecule has 1 saturated heterocycles. The van der Waals surface area contributed by atoms with Crippen molar-refractivity contribution in [3.8, 4) is 0 Å². The van der Waals surface area contributed by atoms with E-state index in [4.69, 9.17) is 14.2 Å². The van der Waals surface area contributed by atoms with E-state index in [1.165, 1.54) is 6.92 Å². The standard InChI is InChI=1S/C8H16O2.C6H12O2/c1-4-7-5-6-9-8(2,3)10-7;1-5(7)8-6(2,3)4/h7H,4-6H2,1-3H3;1-4H3. The van der Waals surface area contributed by atoms with E-state index in [0.29, 0.717) is 6.10 Å². The first kappa shape index (κ1) is 17.4. The summed E-state index contributed by atoms with van der Waals surface area (Å²) in [6.07, 6.45) is 2.54. The molecule has 0 radical (unpaired) electrons. The van der Waals surface area contributed by atoms with Gasteiger partial charge in [0.25, 0.3) is 0 Å². The molecule has 1 fully saturated rings. The predicted octanol–water partition coefficient (Wildman–Crippen LogP) is 3.29. The van der Waals surface area contributed by atoms with Gasteiger partial charge in [-0.15, -0.1) is 0 Å². The van der Waals surface area contributed by atoms with E-state index in [-0.39, 0.29) is 17.4 Å². The van der Waals surface area contributed by atoms with Crippen LogP contribution in [-0.4, -0.2) is 30.1 Å². The molecule has 1 atom stereocenters. The normalized spacial score (nSPS) is 22.7. The van der Waals surface area contributed by atoms with Gasteiger partial charge in [0.1, 0.15) is 5.60 Å². The number of hydrogen-bond acceptors (Lipinski definition) is 4. The molecule has 0 saturated carbocycles. The van der Waals surface area contributed by atoms with Crippen LogP contribution in [0.25, 0.3) is 0 Å². The second-order valence-electron chi connectivity index (χ2n) is 5.89. The zero-order valence-corrected chi connectivity index (χ0v) is 12.8. The van der Waals surface area contributed by atoms with Gasteiger partial charge >= 0.3 is 5.97 Å². The van der Waals surface area contributed by atoms with E-state index in [1.54, 1.807) is 0 Å². The number of carbonyl (C=O) groups excluding carboxylic acids is 1. The fraction of sp³-hybridized carbons (Fsp3) is 0.929. The first-order valence-electron chi connectivity index (χ1n) is 6.57. The van der Waals surface area contributed by atoms with Crippen molar-refractivity contribution >= 4 is 5.97 Å². The van der Waals surface area contributed by atoms with Crippen molar-refractivity contribution in [1.29, 1.82) is 0 Å². The van der Waals surface area contributed by atoms with Crippen molar-refractivity contribution in [1.82, 2.24) is 0 Å². The predicted molar refractivity (Wildman–Crippen MR) is 71.3 cm³/mol. The molecule has 0 aromatic carbocycles. The Morgan fingerprint density at radius 1 is 1.39 bits per heavy atom. The van der Waals surface area contributed by atoms with Gasteiger partial charge in [0.2, 0.25) is 0 Å². The van der Waals surface area contributed by atoms with Crippen molar-refractivity contribution in [2.24, 2.45) is 0 Å². The number of hydrogen-bond donors (Lipinski definition) is 0. The monoisotopic (exact) mass is 260 g/mol. The van der Waals surface area contributed by atoms with Crippen LogP contribution in [0.1, 0.15) is 61.3 Å². The van der Waals surface area contributed by atoms with Gasteiger partial charge in [0, 0.05) is 6.92 Å². The highest BCUT2D eigenvalue weighted by Gasteiger charge is 2.27. The smallest absolute Gasteiger partial charge is 0.303 e. The zero-order valence-electron chi connectivity index (χ0n) is 12.8. The Bertz CT molecular complexity index is 253. The van der Waals surface area contributed by atoms with Crippen LogP contribution in [0.5, 0.6) is 0 Å². The number of esters is 1. The quantitative estimate of drug-likeness (QED) is 0.679. The van der Waals surface area contributed by atoms with Crippen molar-refractivity contribution in [2.75, 3.05) is 6.61 Å². The Morgan fingerprint density at radius 3 is 2.17 bits per heavy atom. The molecule has 1 heterocycles. The number of carbonyl (C=O) groups is 1. The molecule has 1 rings (SSSR count). The largest absolute Gasteiger partial charge is 0.460 e. The van der Waals surface area contributed by atoms with E-state index in [1.807, 2.05) is 34.6 Å². The summed E-state index contributed by atoms with van der Waals surface area (Å²) >= 11 is 0. The van der Waals surface area contributed by atoms with Crippen molar-refractivity contribution < 1.29 is 19.0 Å². The third-order valence-corrected chi connectivity index (χ3v) is 2.25. The summed E-state index contributed by atoms with van der Waals surface area (Å²) in [5.74, 6) is -0.573. The molecular weight excluding hydrogens is 232 g/mol. The highest BCUT2D eigenvalue weighted by Crippen LogP contribution is 2.23. The number of ether oxygens (including phenoxy) is 3. The summed E-state index contributed by atoms with van der Waals surface area (Å²) in [5.41, 5.74) is -0.328. The minimum Gasteiger partial charge on any atom is -0.460 e. The van der Waals surface area contributed by atoms with E-state index in [9.17, 15) is 4.79 Å². The van der Waals surface area contributed by atoms with Gasteiger partial charge in [-0.3, -0.25) is 4.79 Å². The molecule has 1 unspecified atom stereocenters. The van der Waals surface area contributed by atoms with Gasteiger partial charge in [-0.25, -0.2) is 0 Å². The Balaban J connectivity index is 0.000000331. The minimum atomic E-state index is -0.348. The van der Waals surface area contributed by atoms with Gasteiger partial charge in [-0.1, -0.05) is 6.92 Å². The lowest BCUT2D eigenvalue weighted by Crippen LogP contribution is -2.39. The Labute approximate surface area is 111 Å². The van der Waals surface area contributed by atoms with E-state index in [2.05, 4.69) is 6.92 Å². The Kier molecular flexibility index (Phi) is 6.86. The summed E-state index contributed by atoms with van der Waals surface area (Å²) in [7, 11) is 0. The fourth-order valence-electron chi connectivity index (χ4n) is 1.65. The van der Waals surface area contributed by atoms with Gasteiger partial charge in [-0.05, 0) is 47.5 Å². The molecule has 0 aromatic heterocycles. The molecule has 0 spiro atoms. The van der Waals surface area contributed by atoms with Gasteiger partial charge < -0.3 is 14.2 Å². The molecule has 1 aliphatic heterocycles. The molecule has 18 heavy (non-hydrogen) atoms. The van der Waals surface area contributed by atoms with Gasteiger partial charge in [0.15, 0.2) is 5.79 Å². The third kappa shape index (κ3) is 9.42. The van der Waals surface area contributed by atoms with Crippen LogP contribution in [0.2, 0.25) is 0 Å². The fourth-order valence-corrected chi connectivity index (χ4v) is 1.65. The molecule has 1 aliphatic rings. The molecule has 4 nitrogen and oxygen atoms in total. The average Bonchev–Trinajstić information content (AvgIpc) is 2.12. The van der Waals surface area contributed by atoms with Crippen molar-refractivity contribution in [3.05, 3.63) is 0 Å². The summed E-state index contributed by atoms with van der Waals surface area (Å²) in [4.78, 5) is 10.2. The van der Waals surface area contributed by atoms with Crippen LogP contribution in [0.4, 0.5) is 0 Å². The topological polar surface area (TPSA) is 44.8 Å². The minimum absolute atomic E-state index is 0.225. The second-order valence-corrected chi connectivity index (χ2v) is 5.89. The van der Waals surface area contributed by atoms with Crippen molar-refractivity contribution in [2.45, 2.75) is 78.8 Å². The van der Waals surface area contributed by atoms with E-state index < -0.39 is 0 Å². The van der Waals surface area contributed by atoms with Crippen LogP contribution in [0, 0.1) is 0 Å². The zero-order chi connectivity index (χ0) is 14.4. The van der Waals surface area contributed by atoms with Crippen LogP contribution < -0.4 is 0 Å². The average molecular weight is 260 g/mol. The molecule has 0 bridgehead atoms. The van der Waals surface area contributed by atoms with Gasteiger partial charge in [-0.2, -0.15) is 0 Å². The first-order chi connectivity index (χ1) is 8.06. The second kappa shape index (κ2) is 7.10. The highest BCUT2D eigenvalue weighted by atomic mass is 16.7. The lowest BCUT2D eigenvalue weighted by atomic mass is 10.2. The first-order valence-corrected chi connectivity index (χ1v) is 6.57. The lowest BCUT2D eigenvalue weighted by Gasteiger charge is -2.35. The highest BCUT2D eigenvalue weighted by molar-refractivity contribution is 5.66. The van der Waals surface area contributed by atoms with E-state index in [0.717, 1.165) is 19.4 Å². The van der Waals surface area contributed by atoms with Crippen LogP contribution in [0.15, 0.2) is 0 Å². The maximum Gasteiger partial charge on any atom is 0.303 e. The number of rotatable bonds is 1. The van der Waals surface area contributed by atoms with Crippen molar-refractivity contribution in [3.63, 3.8) is 0 Å². The molecule has 108 valence electrons. The Hall–Kier alpha value is -0.610. The summed E-state index contributed by atoms with van der Waals surface area (Å²) in [6, 6.07) is 0. The Morgan fingerprint density at radius 2 is 1.94 bits per heavy atom. The SMILES string of the molecule is CC(=O)OC(C)(C)C.CCC1CCOC(C)(C)O1. The lowest BCUT2D eigenvalue weighted by molar-refractivity contribution is -0.273. The molecule has 0 amide bonds. The summed E-state index contributed by atoms with van der Waals surface area (Å²) in [5, 5.41) is 0. The molecule has 4 heteroatoms. The maximum absolute atomic E-state index is 10.2. The summed E-state index contributed by atoms with van der Waals surface area (Å²) in [6.45, 7) is 13.9. The maximum atomic E-state index is 10.2. The summed E-state index contributed by atoms with van der Waals surface area (Å²) < 4.78 is 15.8. The van der Waals surface area contributed by atoms with E-state index >= 15 is 0 Å².